The van der Waals surface area contributed by atoms with Gasteiger partial charge in [0.05, 0.1) is 0 Å². The highest BCUT2D eigenvalue weighted by molar-refractivity contribution is 5.73. The molecule has 4 nitrogen and oxygen atoms in total. The Morgan fingerprint density at radius 1 is 1.40 bits per heavy atom. The minimum Gasteiger partial charge on any atom is -0.480 e. The molecule has 0 bridgehead atoms. The van der Waals surface area contributed by atoms with Gasteiger partial charge in [-0.05, 0) is 39.1 Å². The Kier molecular flexibility index (Phi) is 4.62. The molecule has 2 aliphatic heterocycles. The smallest absolute Gasteiger partial charge is 0.320 e. The Balaban J connectivity index is 0.000000162. The minimum atomic E-state index is -0.685. The van der Waals surface area contributed by atoms with Crippen molar-refractivity contribution < 1.29 is 9.90 Å². The van der Waals surface area contributed by atoms with Gasteiger partial charge in [-0.15, -0.1) is 0 Å². The summed E-state index contributed by atoms with van der Waals surface area (Å²) in [6, 6.07) is -0.218. The lowest BCUT2D eigenvalue weighted by atomic mass is 10.2. The molecule has 1 saturated heterocycles. The fourth-order valence-corrected chi connectivity index (χ4v) is 1.83. The molecule has 0 spiro atoms. The standard InChI is InChI=1S/C6H11NO2.C5H9N/c1-7-4-2-3-5(7)6(8)9;1-6-4-2-3-5-6/h5H,2-4H2,1H3,(H,8,9);2,4H,3,5H2,1H3. The van der Waals surface area contributed by atoms with Crippen molar-refractivity contribution in [3.63, 3.8) is 0 Å². The first-order valence-electron chi connectivity index (χ1n) is 5.41. The van der Waals surface area contributed by atoms with E-state index in [9.17, 15) is 4.79 Å². The van der Waals surface area contributed by atoms with Gasteiger partial charge in [0.2, 0.25) is 0 Å². The van der Waals surface area contributed by atoms with Crippen LogP contribution < -0.4 is 0 Å². The van der Waals surface area contributed by atoms with Crippen LogP contribution in [0, 0.1) is 0 Å². The van der Waals surface area contributed by atoms with Crippen molar-refractivity contribution in [3.05, 3.63) is 12.3 Å². The summed E-state index contributed by atoms with van der Waals surface area (Å²) >= 11 is 0. The molecule has 0 aromatic heterocycles. The molecule has 86 valence electrons. The molecule has 0 aliphatic carbocycles. The number of hydrogen-bond acceptors (Lipinski definition) is 3. The number of carboxylic acid groups (broad SMARTS) is 1. The predicted octanol–water partition coefficient (Wildman–Crippen LogP) is 1.00. The first-order valence-corrected chi connectivity index (χ1v) is 5.41. The average Bonchev–Trinajstić information content (AvgIpc) is 2.77. The van der Waals surface area contributed by atoms with Crippen molar-refractivity contribution in [2.75, 3.05) is 27.2 Å². The number of likely N-dealkylation sites (tertiary alicyclic amines) is 1. The molecule has 15 heavy (non-hydrogen) atoms. The molecule has 2 aliphatic rings. The number of aliphatic carboxylic acids is 1. The van der Waals surface area contributed by atoms with Crippen molar-refractivity contribution >= 4 is 5.97 Å². The van der Waals surface area contributed by atoms with Gasteiger partial charge in [0.25, 0.3) is 0 Å². The van der Waals surface area contributed by atoms with Gasteiger partial charge in [-0.1, -0.05) is 6.08 Å². The molecule has 0 saturated carbocycles. The number of likely N-dealkylation sites (N-methyl/N-ethyl adjacent to an activating group) is 1. The number of carboxylic acids is 1. The van der Waals surface area contributed by atoms with Crippen molar-refractivity contribution in [3.8, 4) is 0 Å². The number of nitrogens with zero attached hydrogens (tertiary/aromatic N) is 2. The Bertz CT molecular complexity index is 241. The fourth-order valence-electron chi connectivity index (χ4n) is 1.83. The Labute approximate surface area is 91.2 Å². The molecule has 0 amide bonds. The zero-order chi connectivity index (χ0) is 11.3. The summed E-state index contributed by atoms with van der Waals surface area (Å²) < 4.78 is 0. The summed E-state index contributed by atoms with van der Waals surface area (Å²) in [5.41, 5.74) is 0. The van der Waals surface area contributed by atoms with E-state index in [2.05, 4.69) is 24.2 Å². The van der Waals surface area contributed by atoms with E-state index >= 15 is 0 Å². The van der Waals surface area contributed by atoms with Crippen molar-refractivity contribution in [2.24, 2.45) is 0 Å². The van der Waals surface area contributed by atoms with Crippen molar-refractivity contribution in [2.45, 2.75) is 25.3 Å². The van der Waals surface area contributed by atoms with Gasteiger partial charge in [0.1, 0.15) is 6.04 Å². The second-order valence-electron chi connectivity index (χ2n) is 4.13. The van der Waals surface area contributed by atoms with E-state index in [0.29, 0.717) is 0 Å². The highest BCUT2D eigenvalue weighted by Gasteiger charge is 2.26. The topological polar surface area (TPSA) is 43.8 Å². The Morgan fingerprint density at radius 2 is 2.13 bits per heavy atom. The van der Waals surface area contributed by atoms with Crippen LogP contribution in [0.2, 0.25) is 0 Å². The van der Waals surface area contributed by atoms with Gasteiger partial charge in [-0.2, -0.15) is 0 Å². The fraction of sp³-hybridized carbons (Fsp3) is 0.727. The Morgan fingerprint density at radius 3 is 2.33 bits per heavy atom. The van der Waals surface area contributed by atoms with Crippen LogP contribution in [0.1, 0.15) is 19.3 Å². The maximum Gasteiger partial charge on any atom is 0.320 e. The molecule has 1 unspecified atom stereocenters. The van der Waals surface area contributed by atoms with E-state index in [1.54, 1.807) is 0 Å². The normalized spacial score (nSPS) is 25.2. The van der Waals surface area contributed by atoms with Crippen LogP contribution in [-0.4, -0.2) is 54.1 Å². The molecule has 0 aromatic rings. The second-order valence-corrected chi connectivity index (χ2v) is 4.13. The van der Waals surface area contributed by atoms with Crippen LogP contribution in [0.3, 0.4) is 0 Å². The highest BCUT2D eigenvalue weighted by Crippen LogP contribution is 2.13. The molecule has 2 heterocycles. The molecule has 1 fully saturated rings. The third-order valence-electron chi connectivity index (χ3n) is 2.81. The van der Waals surface area contributed by atoms with Crippen LogP contribution in [0.4, 0.5) is 0 Å². The van der Waals surface area contributed by atoms with Crippen LogP contribution in [-0.2, 0) is 4.79 Å². The minimum absolute atomic E-state index is 0.218. The van der Waals surface area contributed by atoms with Gasteiger partial charge in [-0.3, -0.25) is 9.69 Å². The molecular formula is C11H20N2O2. The van der Waals surface area contributed by atoms with Crippen LogP contribution in [0.25, 0.3) is 0 Å². The lowest BCUT2D eigenvalue weighted by Gasteiger charge is -2.13. The predicted molar refractivity (Wildman–Crippen MR) is 59.7 cm³/mol. The zero-order valence-corrected chi connectivity index (χ0v) is 9.52. The van der Waals surface area contributed by atoms with E-state index in [1.807, 2.05) is 11.9 Å². The van der Waals surface area contributed by atoms with E-state index < -0.39 is 5.97 Å². The highest BCUT2D eigenvalue weighted by atomic mass is 16.4. The summed E-state index contributed by atoms with van der Waals surface area (Å²) in [5.74, 6) is -0.685. The van der Waals surface area contributed by atoms with Gasteiger partial charge < -0.3 is 10.0 Å². The summed E-state index contributed by atoms with van der Waals surface area (Å²) in [6.07, 6.45) is 7.36. The maximum atomic E-state index is 10.4. The number of carbonyl (C=O) groups is 1. The first-order chi connectivity index (χ1) is 7.11. The third kappa shape index (κ3) is 3.91. The summed E-state index contributed by atoms with van der Waals surface area (Å²) in [4.78, 5) is 14.4. The molecule has 1 atom stereocenters. The molecule has 0 aromatic carbocycles. The van der Waals surface area contributed by atoms with Crippen LogP contribution in [0.5, 0.6) is 0 Å². The third-order valence-corrected chi connectivity index (χ3v) is 2.81. The average molecular weight is 212 g/mol. The number of rotatable bonds is 1. The Hall–Kier alpha value is -1.03. The summed E-state index contributed by atoms with van der Waals surface area (Å²) in [7, 11) is 3.94. The summed E-state index contributed by atoms with van der Waals surface area (Å²) in [5, 5.41) is 8.54. The SMILES string of the molecule is CN1C=CCC1.CN1CCCC1C(=O)O. The lowest BCUT2D eigenvalue weighted by Crippen LogP contribution is -2.32. The molecule has 1 N–H and O–H groups in total. The molecule has 4 heteroatoms. The van der Waals surface area contributed by atoms with E-state index in [1.165, 1.54) is 13.0 Å². The number of hydrogen-bond donors (Lipinski definition) is 1. The zero-order valence-electron chi connectivity index (χ0n) is 9.52. The van der Waals surface area contributed by atoms with Gasteiger partial charge in [0.15, 0.2) is 0 Å². The quantitative estimate of drug-likeness (QED) is 0.704. The van der Waals surface area contributed by atoms with Crippen molar-refractivity contribution in [1.82, 2.24) is 9.80 Å². The molecule has 0 radical (unpaired) electrons. The van der Waals surface area contributed by atoms with Gasteiger partial charge >= 0.3 is 5.97 Å². The van der Waals surface area contributed by atoms with E-state index in [0.717, 1.165) is 19.4 Å². The maximum absolute atomic E-state index is 10.4. The molecule has 2 rings (SSSR count). The molecular weight excluding hydrogens is 192 g/mol. The van der Waals surface area contributed by atoms with Crippen LogP contribution >= 0.6 is 0 Å². The van der Waals surface area contributed by atoms with Crippen molar-refractivity contribution in [1.29, 1.82) is 0 Å². The monoisotopic (exact) mass is 212 g/mol. The van der Waals surface area contributed by atoms with Gasteiger partial charge in [0, 0.05) is 13.6 Å². The lowest BCUT2D eigenvalue weighted by molar-refractivity contribution is -0.141. The van der Waals surface area contributed by atoms with E-state index in [4.69, 9.17) is 5.11 Å². The van der Waals surface area contributed by atoms with Gasteiger partial charge in [-0.25, -0.2) is 0 Å². The van der Waals surface area contributed by atoms with Crippen LogP contribution in [0.15, 0.2) is 12.3 Å². The summed E-state index contributed by atoms with van der Waals surface area (Å²) in [6.45, 7) is 2.14. The van der Waals surface area contributed by atoms with E-state index in [-0.39, 0.29) is 6.04 Å². The largest absolute Gasteiger partial charge is 0.480 e. The second kappa shape index (κ2) is 5.75. The first kappa shape index (κ1) is 12.0.